The lowest BCUT2D eigenvalue weighted by molar-refractivity contribution is 0.281. The van der Waals surface area contributed by atoms with Gasteiger partial charge in [-0.15, -0.1) is 0 Å². The molecule has 4 aromatic rings. The molecular formula is C23H24N4O. The van der Waals surface area contributed by atoms with Gasteiger partial charge in [-0.3, -0.25) is 0 Å². The molecule has 0 saturated heterocycles. The Labute approximate surface area is 165 Å². The molecule has 2 aromatic carbocycles. The lowest BCUT2D eigenvalue weighted by atomic mass is 10.1. The van der Waals surface area contributed by atoms with Gasteiger partial charge in [0.15, 0.2) is 5.65 Å². The summed E-state index contributed by atoms with van der Waals surface area (Å²) in [6, 6.07) is 22.3. The molecule has 2 heterocycles. The second-order valence-corrected chi connectivity index (χ2v) is 7.00. The first-order valence-corrected chi connectivity index (χ1v) is 9.49. The Hall–Kier alpha value is -3.18. The molecule has 142 valence electrons. The average Bonchev–Trinajstić information content (AvgIpc) is 3.12. The molecule has 5 heteroatoms. The molecule has 0 radical (unpaired) electrons. The quantitative estimate of drug-likeness (QED) is 0.451. The Balaban J connectivity index is 1.61. The molecule has 5 nitrogen and oxygen atoms in total. The fourth-order valence-corrected chi connectivity index (χ4v) is 3.20. The van der Waals surface area contributed by atoms with E-state index in [9.17, 15) is 0 Å². The summed E-state index contributed by atoms with van der Waals surface area (Å²) < 4.78 is 7.73. The maximum atomic E-state index is 5.84. The molecule has 0 bridgehead atoms. The largest absolute Gasteiger partial charge is 0.494 e. The zero-order valence-electron chi connectivity index (χ0n) is 16.2. The molecule has 28 heavy (non-hydrogen) atoms. The Kier molecular flexibility index (Phi) is 5.35. The molecule has 0 N–H and O–H groups in total. The first-order valence-electron chi connectivity index (χ1n) is 9.49. The smallest absolute Gasteiger partial charge is 0.163 e. The molecule has 2 aromatic heterocycles. The second-order valence-electron chi connectivity index (χ2n) is 7.00. The van der Waals surface area contributed by atoms with Gasteiger partial charge in [0.1, 0.15) is 11.4 Å². The Bertz CT molecular complexity index is 1040. The van der Waals surface area contributed by atoms with Gasteiger partial charge >= 0.3 is 0 Å². The van der Waals surface area contributed by atoms with Crippen molar-refractivity contribution in [2.75, 3.05) is 27.2 Å². The van der Waals surface area contributed by atoms with Gasteiger partial charge in [-0.2, -0.15) is 5.10 Å². The predicted octanol–water partition coefficient (Wildman–Crippen LogP) is 4.42. The van der Waals surface area contributed by atoms with E-state index in [1.165, 1.54) is 0 Å². The summed E-state index contributed by atoms with van der Waals surface area (Å²) in [5.74, 6) is 0.871. The maximum absolute atomic E-state index is 5.84. The van der Waals surface area contributed by atoms with Crippen molar-refractivity contribution in [1.82, 2.24) is 19.7 Å². The molecule has 0 unspecified atom stereocenters. The molecular weight excluding hydrogens is 348 g/mol. The molecule has 0 atom stereocenters. The first-order chi connectivity index (χ1) is 13.7. The van der Waals surface area contributed by atoms with Crippen LogP contribution in [-0.4, -0.2) is 46.9 Å². The van der Waals surface area contributed by atoms with Gasteiger partial charge in [0.25, 0.3) is 0 Å². The van der Waals surface area contributed by atoms with Crippen molar-refractivity contribution in [2.45, 2.75) is 6.42 Å². The average molecular weight is 372 g/mol. The van der Waals surface area contributed by atoms with Crippen molar-refractivity contribution in [3.05, 3.63) is 72.9 Å². The summed E-state index contributed by atoms with van der Waals surface area (Å²) in [6.45, 7) is 1.73. The fraction of sp³-hybridized carbons (Fsp3) is 0.217. The fourth-order valence-electron chi connectivity index (χ4n) is 3.20. The topological polar surface area (TPSA) is 43.2 Å². The van der Waals surface area contributed by atoms with Crippen LogP contribution in [0, 0.1) is 0 Å². The van der Waals surface area contributed by atoms with E-state index in [1.807, 2.05) is 53.2 Å². The highest BCUT2D eigenvalue weighted by molar-refractivity contribution is 5.91. The van der Waals surface area contributed by atoms with Crippen molar-refractivity contribution in [1.29, 1.82) is 0 Å². The third kappa shape index (κ3) is 3.89. The van der Waals surface area contributed by atoms with Gasteiger partial charge in [0, 0.05) is 23.7 Å². The molecule has 0 fully saturated rings. The SMILES string of the molecule is CN(C)CCCOc1ccc(-n2nc(-c3ccccc3)c3cccnc32)cc1. The van der Waals surface area contributed by atoms with Gasteiger partial charge in [-0.1, -0.05) is 30.3 Å². The number of ether oxygens (including phenoxy) is 1. The van der Waals surface area contributed by atoms with Crippen molar-refractivity contribution < 1.29 is 4.74 Å². The van der Waals surface area contributed by atoms with Crippen LogP contribution in [0.4, 0.5) is 0 Å². The third-order valence-electron chi connectivity index (χ3n) is 4.59. The first kappa shape index (κ1) is 18.2. The van der Waals surface area contributed by atoms with Crippen LogP contribution in [0.3, 0.4) is 0 Å². The summed E-state index contributed by atoms with van der Waals surface area (Å²) in [5, 5.41) is 5.90. The van der Waals surface area contributed by atoms with Gasteiger partial charge < -0.3 is 9.64 Å². The Morgan fingerprint density at radius 2 is 1.71 bits per heavy atom. The monoisotopic (exact) mass is 372 g/mol. The van der Waals surface area contributed by atoms with Gasteiger partial charge in [0.05, 0.1) is 12.3 Å². The summed E-state index contributed by atoms with van der Waals surface area (Å²) in [7, 11) is 4.14. The van der Waals surface area contributed by atoms with E-state index in [-0.39, 0.29) is 0 Å². The van der Waals surface area contributed by atoms with E-state index >= 15 is 0 Å². The zero-order chi connectivity index (χ0) is 19.3. The standard InChI is InChI=1S/C23H24N4O/c1-26(2)16-7-17-28-20-13-11-19(12-14-20)27-23-21(10-6-15-24-23)22(25-27)18-8-4-3-5-9-18/h3-6,8-15H,7,16-17H2,1-2H3. The minimum Gasteiger partial charge on any atom is -0.494 e. The van der Waals surface area contributed by atoms with Crippen LogP contribution in [0.1, 0.15) is 6.42 Å². The van der Waals surface area contributed by atoms with Crippen LogP contribution in [0.25, 0.3) is 28.0 Å². The number of hydrogen-bond acceptors (Lipinski definition) is 4. The number of fused-ring (bicyclic) bond motifs is 1. The second kappa shape index (κ2) is 8.23. The van der Waals surface area contributed by atoms with E-state index in [2.05, 4.69) is 42.2 Å². The highest BCUT2D eigenvalue weighted by Gasteiger charge is 2.14. The van der Waals surface area contributed by atoms with E-state index in [0.29, 0.717) is 6.61 Å². The van der Waals surface area contributed by atoms with Crippen molar-refractivity contribution in [3.8, 4) is 22.7 Å². The van der Waals surface area contributed by atoms with E-state index in [1.54, 1.807) is 6.20 Å². The van der Waals surface area contributed by atoms with Gasteiger partial charge in [0.2, 0.25) is 0 Å². The number of nitrogens with zero attached hydrogens (tertiary/aromatic N) is 4. The van der Waals surface area contributed by atoms with Crippen molar-refractivity contribution in [2.24, 2.45) is 0 Å². The van der Waals surface area contributed by atoms with Gasteiger partial charge in [-0.25, -0.2) is 9.67 Å². The van der Waals surface area contributed by atoms with E-state index in [0.717, 1.165) is 46.7 Å². The summed E-state index contributed by atoms with van der Waals surface area (Å²) in [4.78, 5) is 6.73. The van der Waals surface area contributed by atoms with Crippen LogP contribution >= 0.6 is 0 Å². The molecule has 4 rings (SSSR count). The number of rotatable bonds is 7. The van der Waals surface area contributed by atoms with Crippen LogP contribution in [0.2, 0.25) is 0 Å². The Morgan fingerprint density at radius 3 is 2.46 bits per heavy atom. The number of benzene rings is 2. The lowest BCUT2D eigenvalue weighted by Gasteiger charge is -2.10. The van der Waals surface area contributed by atoms with Crippen LogP contribution in [-0.2, 0) is 0 Å². The van der Waals surface area contributed by atoms with Crippen molar-refractivity contribution in [3.63, 3.8) is 0 Å². The summed E-state index contributed by atoms with van der Waals surface area (Å²) in [5.41, 5.74) is 3.83. The lowest BCUT2D eigenvalue weighted by Crippen LogP contribution is -2.15. The number of aromatic nitrogens is 3. The molecule has 0 spiro atoms. The molecule has 0 saturated carbocycles. The van der Waals surface area contributed by atoms with E-state index in [4.69, 9.17) is 9.84 Å². The number of hydrogen-bond donors (Lipinski definition) is 0. The third-order valence-corrected chi connectivity index (χ3v) is 4.59. The zero-order valence-corrected chi connectivity index (χ0v) is 16.2. The van der Waals surface area contributed by atoms with Crippen LogP contribution in [0.15, 0.2) is 72.9 Å². The van der Waals surface area contributed by atoms with Crippen molar-refractivity contribution >= 4 is 11.0 Å². The normalized spacial score (nSPS) is 11.2. The molecule has 0 aliphatic rings. The number of pyridine rings is 1. The summed E-state index contributed by atoms with van der Waals surface area (Å²) >= 11 is 0. The minimum absolute atomic E-state index is 0.710. The van der Waals surface area contributed by atoms with Crippen LogP contribution < -0.4 is 4.74 Å². The highest BCUT2D eigenvalue weighted by atomic mass is 16.5. The maximum Gasteiger partial charge on any atom is 0.163 e. The molecule has 0 amide bonds. The predicted molar refractivity (Wildman–Crippen MR) is 113 cm³/mol. The minimum atomic E-state index is 0.710. The molecule has 0 aliphatic carbocycles. The van der Waals surface area contributed by atoms with Gasteiger partial charge in [-0.05, 0) is 56.9 Å². The van der Waals surface area contributed by atoms with Crippen LogP contribution in [0.5, 0.6) is 5.75 Å². The Morgan fingerprint density at radius 1 is 0.929 bits per heavy atom. The summed E-state index contributed by atoms with van der Waals surface area (Å²) in [6.07, 6.45) is 2.81. The van der Waals surface area contributed by atoms with E-state index < -0.39 is 0 Å². The highest BCUT2D eigenvalue weighted by Crippen LogP contribution is 2.28. The molecule has 0 aliphatic heterocycles.